The average Bonchev–Trinajstić information content (AvgIpc) is 3.46. The molecule has 1 fully saturated rings. The fourth-order valence-electron chi connectivity index (χ4n) is 3.92. The second-order valence-corrected chi connectivity index (χ2v) is 7.71. The highest BCUT2D eigenvalue weighted by atomic mass is 127. The molecule has 0 spiro atoms. The minimum atomic E-state index is 0. The fourth-order valence-corrected chi connectivity index (χ4v) is 3.92. The first-order valence-corrected chi connectivity index (χ1v) is 10.7. The molecule has 1 aliphatic heterocycles. The molecule has 7 nitrogen and oxygen atoms in total. The van der Waals surface area contributed by atoms with Crippen LogP contribution in [0.3, 0.4) is 0 Å². The Morgan fingerprint density at radius 2 is 1.91 bits per heavy atom. The van der Waals surface area contributed by atoms with Gasteiger partial charge in [0.2, 0.25) is 0 Å². The summed E-state index contributed by atoms with van der Waals surface area (Å²) < 4.78 is 7.48. The van der Waals surface area contributed by atoms with E-state index in [0.717, 1.165) is 49.0 Å². The second-order valence-electron chi connectivity index (χ2n) is 7.71. The van der Waals surface area contributed by atoms with E-state index in [1.807, 2.05) is 29.1 Å². The standard InChI is InChI=1S/C24H30N6O.HI/c1-25-24(26-14-20-15-27-30(17-20)16-19-8-4-3-5-9-19)28-21-12-13-29(18-21)22-10-6-7-11-23(22)31-2;/h3-11,15,17,21H,12-14,16,18H2,1-2H3,(H2,25,26,28);1H. The van der Waals surface area contributed by atoms with Gasteiger partial charge in [-0.1, -0.05) is 42.5 Å². The van der Waals surface area contributed by atoms with Crippen LogP contribution in [0, 0.1) is 0 Å². The molecule has 0 radical (unpaired) electrons. The quantitative estimate of drug-likeness (QED) is 0.270. The summed E-state index contributed by atoms with van der Waals surface area (Å²) >= 11 is 0. The Labute approximate surface area is 206 Å². The van der Waals surface area contributed by atoms with Crippen molar-refractivity contribution in [2.24, 2.45) is 4.99 Å². The number of rotatable bonds is 7. The Balaban J connectivity index is 0.00000289. The van der Waals surface area contributed by atoms with Crippen molar-refractivity contribution in [1.29, 1.82) is 0 Å². The predicted octanol–water partition coefficient (Wildman–Crippen LogP) is 3.50. The van der Waals surface area contributed by atoms with Crippen molar-refractivity contribution in [3.8, 4) is 5.75 Å². The number of benzene rings is 2. The molecule has 1 aliphatic rings. The fraction of sp³-hybridized carbons (Fsp3) is 0.333. The van der Waals surface area contributed by atoms with Crippen molar-refractivity contribution in [1.82, 2.24) is 20.4 Å². The summed E-state index contributed by atoms with van der Waals surface area (Å²) in [5, 5.41) is 11.4. The number of anilines is 1. The molecule has 1 atom stereocenters. The molecule has 3 aromatic rings. The van der Waals surface area contributed by atoms with Crippen LogP contribution in [-0.2, 0) is 13.1 Å². The van der Waals surface area contributed by atoms with Crippen LogP contribution in [0.2, 0.25) is 0 Å². The van der Waals surface area contributed by atoms with Gasteiger partial charge in [0, 0.05) is 44.5 Å². The number of nitrogens with one attached hydrogen (secondary N) is 2. The Bertz CT molecular complexity index is 1010. The molecule has 2 heterocycles. The third-order valence-electron chi connectivity index (χ3n) is 5.51. The Hall–Kier alpha value is -2.75. The van der Waals surface area contributed by atoms with Crippen molar-refractivity contribution in [3.63, 3.8) is 0 Å². The molecular formula is C24H31IN6O. The summed E-state index contributed by atoms with van der Waals surface area (Å²) in [7, 11) is 3.53. The number of aliphatic imine (C=N–C) groups is 1. The van der Waals surface area contributed by atoms with Crippen LogP contribution < -0.4 is 20.3 Å². The van der Waals surface area contributed by atoms with E-state index in [0.29, 0.717) is 12.6 Å². The molecule has 8 heteroatoms. The van der Waals surface area contributed by atoms with Crippen molar-refractivity contribution in [2.75, 3.05) is 32.1 Å². The maximum atomic E-state index is 5.52. The molecule has 32 heavy (non-hydrogen) atoms. The zero-order valence-electron chi connectivity index (χ0n) is 18.6. The number of ether oxygens (including phenoxy) is 1. The normalized spacial score (nSPS) is 15.9. The summed E-state index contributed by atoms with van der Waals surface area (Å²) in [5.41, 5.74) is 3.51. The van der Waals surface area contributed by atoms with Crippen molar-refractivity contribution in [3.05, 3.63) is 78.1 Å². The number of methoxy groups -OCH3 is 1. The molecule has 1 aromatic heterocycles. The van der Waals surface area contributed by atoms with Crippen molar-refractivity contribution in [2.45, 2.75) is 25.6 Å². The largest absolute Gasteiger partial charge is 0.495 e. The van der Waals surface area contributed by atoms with E-state index in [1.165, 1.54) is 5.56 Å². The van der Waals surface area contributed by atoms with Gasteiger partial charge in [0.1, 0.15) is 5.75 Å². The molecule has 1 unspecified atom stereocenters. The Kier molecular flexibility index (Phi) is 8.78. The van der Waals surface area contributed by atoms with E-state index in [2.05, 4.69) is 68.2 Å². The predicted molar refractivity (Wildman–Crippen MR) is 140 cm³/mol. The van der Waals surface area contributed by atoms with Gasteiger partial charge in [0.15, 0.2) is 5.96 Å². The third-order valence-corrected chi connectivity index (χ3v) is 5.51. The summed E-state index contributed by atoms with van der Waals surface area (Å²) in [6, 6.07) is 18.9. The first-order valence-electron chi connectivity index (χ1n) is 10.7. The lowest BCUT2D eigenvalue weighted by Crippen LogP contribution is -2.44. The first-order chi connectivity index (χ1) is 15.2. The van der Waals surface area contributed by atoms with Gasteiger partial charge in [-0.2, -0.15) is 5.10 Å². The molecule has 0 bridgehead atoms. The zero-order chi connectivity index (χ0) is 21.5. The third kappa shape index (κ3) is 6.15. The zero-order valence-corrected chi connectivity index (χ0v) is 20.9. The van der Waals surface area contributed by atoms with Crippen LogP contribution in [0.4, 0.5) is 5.69 Å². The first kappa shape index (κ1) is 23.9. The lowest BCUT2D eigenvalue weighted by Gasteiger charge is -2.22. The maximum absolute atomic E-state index is 5.52. The van der Waals surface area contributed by atoms with Gasteiger partial charge in [-0.05, 0) is 24.1 Å². The monoisotopic (exact) mass is 546 g/mol. The van der Waals surface area contributed by atoms with E-state index in [1.54, 1.807) is 14.2 Å². The van der Waals surface area contributed by atoms with Crippen LogP contribution in [0.15, 0.2) is 72.0 Å². The van der Waals surface area contributed by atoms with Gasteiger partial charge in [-0.15, -0.1) is 24.0 Å². The smallest absolute Gasteiger partial charge is 0.191 e. The Morgan fingerprint density at radius 1 is 1.12 bits per heavy atom. The van der Waals surface area contributed by atoms with E-state index in [-0.39, 0.29) is 24.0 Å². The van der Waals surface area contributed by atoms with Crippen LogP contribution >= 0.6 is 24.0 Å². The maximum Gasteiger partial charge on any atom is 0.191 e. The van der Waals surface area contributed by atoms with Crippen molar-refractivity contribution < 1.29 is 4.74 Å². The lowest BCUT2D eigenvalue weighted by atomic mass is 10.2. The van der Waals surface area contributed by atoms with Crippen LogP contribution in [-0.4, -0.2) is 49.0 Å². The summed E-state index contributed by atoms with van der Waals surface area (Å²) in [4.78, 5) is 6.76. The topological polar surface area (TPSA) is 66.7 Å². The van der Waals surface area contributed by atoms with Gasteiger partial charge in [-0.25, -0.2) is 0 Å². The SMILES string of the molecule is CN=C(NCc1cnn(Cc2ccccc2)c1)NC1CCN(c2ccccc2OC)C1.I. The molecule has 0 aliphatic carbocycles. The van der Waals surface area contributed by atoms with E-state index in [9.17, 15) is 0 Å². The van der Waals surface area contributed by atoms with Crippen LogP contribution in [0.25, 0.3) is 0 Å². The summed E-state index contributed by atoms with van der Waals surface area (Å²) in [5.74, 6) is 1.72. The lowest BCUT2D eigenvalue weighted by molar-refractivity contribution is 0.415. The van der Waals surface area contributed by atoms with Gasteiger partial charge in [0.05, 0.1) is 25.5 Å². The number of halogens is 1. The summed E-state index contributed by atoms with van der Waals surface area (Å²) in [6.45, 7) is 3.35. The van der Waals surface area contributed by atoms with Crippen LogP contribution in [0.1, 0.15) is 17.5 Å². The molecule has 4 rings (SSSR count). The highest BCUT2D eigenvalue weighted by molar-refractivity contribution is 14.0. The second kappa shape index (κ2) is 11.8. The van der Waals surface area contributed by atoms with E-state index in [4.69, 9.17) is 4.74 Å². The number of hydrogen-bond donors (Lipinski definition) is 2. The number of aromatic nitrogens is 2. The van der Waals surface area contributed by atoms with E-state index >= 15 is 0 Å². The molecule has 1 saturated heterocycles. The van der Waals surface area contributed by atoms with Gasteiger partial charge < -0.3 is 20.3 Å². The molecule has 0 saturated carbocycles. The molecule has 170 valence electrons. The minimum absolute atomic E-state index is 0. The molecule has 2 N–H and O–H groups in total. The summed E-state index contributed by atoms with van der Waals surface area (Å²) in [6.07, 6.45) is 5.03. The Morgan fingerprint density at radius 3 is 2.69 bits per heavy atom. The average molecular weight is 546 g/mol. The van der Waals surface area contributed by atoms with E-state index < -0.39 is 0 Å². The minimum Gasteiger partial charge on any atom is -0.495 e. The number of guanidine groups is 1. The van der Waals surface area contributed by atoms with Crippen molar-refractivity contribution >= 4 is 35.6 Å². The highest BCUT2D eigenvalue weighted by Crippen LogP contribution is 2.30. The number of hydrogen-bond acceptors (Lipinski definition) is 4. The van der Waals surface area contributed by atoms with Gasteiger partial charge in [-0.3, -0.25) is 9.67 Å². The van der Waals surface area contributed by atoms with Crippen LogP contribution in [0.5, 0.6) is 5.75 Å². The molecule has 2 aromatic carbocycles. The number of nitrogens with zero attached hydrogens (tertiary/aromatic N) is 4. The molecular weight excluding hydrogens is 515 g/mol. The highest BCUT2D eigenvalue weighted by Gasteiger charge is 2.25. The van der Waals surface area contributed by atoms with Gasteiger partial charge >= 0.3 is 0 Å². The number of para-hydroxylation sites is 2. The molecule has 0 amide bonds. The van der Waals surface area contributed by atoms with Gasteiger partial charge in [0.25, 0.3) is 0 Å².